The lowest BCUT2D eigenvalue weighted by Gasteiger charge is -2.14. The molecule has 0 aliphatic carbocycles. The molecule has 0 aliphatic heterocycles. The molecule has 0 fully saturated rings. The number of carbonyl (C=O) groups is 1. The molecule has 0 saturated heterocycles. The lowest BCUT2D eigenvalue weighted by molar-refractivity contribution is 0.0280. The SMILES string of the molecule is C[C@@H](OC(=O)c1cccc(N(C)C)c1)c1nnc(-c2ccc(F)cc2)o1. The summed E-state index contributed by atoms with van der Waals surface area (Å²) in [5, 5.41) is 7.83. The molecule has 0 amide bonds. The van der Waals surface area contributed by atoms with E-state index in [4.69, 9.17) is 9.15 Å². The third kappa shape index (κ3) is 3.88. The second-order valence-electron chi connectivity index (χ2n) is 5.94. The van der Waals surface area contributed by atoms with E-state index in [1.807, 2.05) is 25.1 Å². The Hall–Kier alpha value is -3.22. The van der Waals surface area contributed by atoms with Gasteiger partial charge in [-0.05, 0) is 49.4 Å². The largest absolute Gasteiger partial charge is 0.449 e. The fourth-order valence-corrected chi connectivity index (χ4v) is 2.30. The molecule has 0 radical (unpaired) electrons. The van der Waals surface area contributed by atoms with Gasteiger partial charge in [-0.25, -0.2) is 9.18 Å². The van der Waals surface area contributed by atoms with Crippen molar-refractivity contribution in [2.75, 3.05) is 19.0 Å². The smallest absolute Gasteiger partial charge is 0.338 e. The molecule has 26 heavy (non-hydrogen) atoms. The number of ether oxygens (including phenoxy) is 1. The van der Waals surface area contributed by atoms with Crippen LogP contribution in [0.1, 0.15) is 29.3 Å². The van der Waals surface area contributed by atoms with Gasteiger partial charge in [0.2, 0.25) is 5.89 Å². The Bertz CT molecular complexity index is 906. The molecular formula is C19H18FN3O3. The van der Waals surface area contributed by atoms with Crippen LogP contribution in [0.5, 0.6) is 0 Å². The van der Waals surface area contributed by atoms with E-state index in [2.05, 4.69) is 10.2 Å². The number of nitrogens with zero attached hydrogens (tertiary/aromatic N) is 3. The lowest BCUT2D eigenvalue weighted by atomic mass is 10.2. The number of hydrogen-bond acceptors (Lipinski definition) is 6. The minimum atomic E-state index is -0.716. The summed E-state index contributed by atoms with van der Waals surface area (Å²) in [6.45, 7) is 1.65. The van der Waals surface area contributed by atoms with Crippen LogP contribution in [0.15, 0.2) is 52.9 Å². The Labute approximate surface area is 150 Å². The van der Waals surface area contributed by atoms with Gasteiger partial charge >= 0.3 is 5.97 Å². The van der Waals surface area contributed by atoms with Crippen LogP contribution in [-0.2, 0) is 4.74 Å². The number of rotatable bonds is 5. The maximum atomic E-state index is 13.0. The molecule has 3 rings (SSSR count). The maximum Gasteiger partial charge on any atom is 0.338 e. The quantitative estimate of drug-likeness (QED) is 0.648. The van der Waals surface area contributed by atoms with Gasteiger partial charge in [-0.15, -0.1) is 10.2 Å². The van der Waals surface area contributed by atoms with Crippen molar-refractivity contribution in [3.05, 3.63) is 65.8 Å². The summed E-state index contributed by atoms with van der Waals surface area (Å²) in [7, 11) is 3.78. The third-order valence-corrected chi connectivity index (χ3v) is 3.76. The number of aromatic nitrogens is 2. The summed E-state index contributed by atoms with van der Waals surface area (Å²) < 4.78 is 23.9. The fourth-order valence-electron chi connectivity index (χ4n) is 2.30. The van der Waals surface area contributed by atoms with Crippen molar-refractivity contribution in [2.45, 2.75) is 13.0 Å². The summed E-state index contributed by atoms with van der Waals surface area (Å²) >= 11 is 0. The van der Waals surface area contributed by atoms with Crippen molar-refractivity contribution in [1.29, 1.82) is 0 Å². The number of esters is 1. The average molecular weight is 355 g/mol. The van der Waals surface area contributed by atoms with Gasteiger partial charge in [0.1, 0.15) is 5.82 Å². The number of benzene rings is 2. The maximum absolute atomic E-state index is 13.0. The summed E-state index contributed by atoms with van der Waals surface area (Å²) in [6, 6.07) is 12.8. The first kappa shape index (κ1) is 17.6. The first-order valence-electron chi connectivity index (χ1n) is 8.02. The molecule has 1 atom stereocenters. The number of anilines is 1. The Morgan fingerprint density at radius 3 is 2.58 bits per heavy atom. The fraction of sp³-hybridized carbons (Fsp3) is 0.211. The molecule has 1 heterocycles. The summed E-state index contributed by atoms with van der Waals surface area (Å²) in [5.41, 5.74) is 1.91. The van der Waals surface area contributed by atoms with Crippen LogP contribution < -0.4 is 4.90 Å². The Balaban J connectivity index is 1.72. The van der Waals surface area contributed by atoms with Crippen molar-refractivity contribution in [2.24, 2.45) is 0 Å². The molecule has 7 heteroatoms. The van der Waals surface area contributed by atoms with E-state index >= 15 is 0 Å². The summed E-state index contributed by atoms with van der Waals surface area (Å²) in [6.07, 6.45) is -0.716. The van der Waals surface area contributed by atoms with Crippen molar-refractivity contribution in [3.8, 4) is 11.5 Å². The number of halogens is 1. The average Bonchev–Trinajstić information content (AvgIpc) is 3.12. The molecule has 0 N–H and O–H groups in total. The van der Waals surface area contributed by atoms with Gasteiger partial charge in [-0.1, -0.05) is 6.07 Å². The normalized spacial score (nSPS) is 11.8. The highest BCUT2D eigenvalue weighted by atomic mass is 19.1. The Morgan fingerprint density at radius 1 is 1.15 bits per heavy atom. The van der Waals surface area contributed by atoms with Crippen molar-refractivity contribution >= 4 is 11.7 Å². The van der Waals surface area contributed by atoms with E-state index in [0.717, 1.165) is 5.69 Å². The molecule has 0 bridgehead atoms. The van der Waals surface area contributed by atoms with Crippen LogP contribution >= 0.6 is 0 Å². The predicted octanol–water partition coefficient (Wildman–Crippen LogP) is 3.86. The van der Waals surface area contributed by atoms with E-state index in [1.54, 1.807) is 25.1 Å². The molecule has 0 saturated carbocycles. The van der Waals surface area contributed by atoms with Crippen molar-refractivity contribution in [3.63, 3.8) is 0 Å². The highest BCUT2D eigenvalue weighted by molar-refractivity contribution is 5.90. The third-order valence-electron chi connectivity index (χ3n) is 3.76. The first-order valence-corrected chi connectivity index (χ1v) is 8.02. The van der Waals surface area contributed by atoms with Gasteiger partial charge in [-0.2, -0.15) is 0 Å². The summed E-state index contributed by atoms with van der Waals surface area (Å²) in [5.74, 6) is -0.433. The minimum absolute atomic E-state index is 0.168. The molecular weight excluding hydrogens is 337 g/mol. The predicted molar refractivity (Wildman–Crippen MR) is 94.3 cm³/mol. The van der Waals surface area contributed by atoms with E-state index in [0.29, 0.717) is 11.1 Å². The zero-order valence-corrected chi connectivity index (χ0v) is 14.6. The van der Waals surface area contributed by atoms with Gasteiger partial charge < -0.3 is 14.1 Å². The van der Waals surface area contributed by atoms with Crippen LogP contribution in [0.2, 0.25) is 0 Å². The van der Waals surface area contributed by atoms with Gasteiger partial charge in [0.05, 0.1) is 5.56 Å². The summed E-state index contributed by atoms with van der Waals surface area (Å²) in [4.78, 5) is 14.2. The van der Waals surface area contributed by atoms with E-state index in [-0.39, 0.29) is 17.6 Å². The molecule has 3 aromatic rings. The Morgan fingerprint density at radius 2 is 1.88 bits per heavy atom. The zero-order valence-electron chi connectivity index (χ0n) is 14.6. The van der Waals surface area contributed by atoms with E-state index in [9.17, 15) is 9.18 Å². The second kappa shape index (κ2) is 7.35. The van der Waals surface area contributed by atoms with Gasteiger partial charge in [0.15, 0.2) is 6.10 Å². The number of carbonyl (C=O) groups excluding carboxylic acids is 1. The van der Waals surface area contributed by atoms with Crippen molar-refractivity contribution in [1.82, 2.24) is 10.2 Å². The number of hydrogen-bond donors (Lipinski definition) is 0. The second-order valence-corrected chi connectivity index (χ2v) is 5.94. The van der Waals surface area contributed by atoms with E-state index < -0.39 is 12.1 Å². The van der Waals surface area contributed by atoms with Crippen molar-refractivity contribution < 1.29 is 18.3 Å². The first-order chi connectivity index (χ1) is 12.4. The molecule has 0 unspecified atom stereocenters. The van der Waals surface area contributed by atoms with Crippen LogP contribution in [0.3, 0.4) is 0 Å². The molecule has 2 aromatic carbocycles. The highest BCUT2D eigenvalue weighted by Crippen LogP contribution is 2.24. The molecule has 1 aromatic heterocycles. The molecule has 134 valence electrons. The lowest BCUT2D eigenvalue weighted by Crippen LogP contribution is -2.12. The molecule has 6 nitrogen and oxygen atoms in total. The van der Waals surface area contributed by atoms with Crippen LogP contribution in [-0.4, -0.2) is 30.3 Å². The monoisotopic (exact) mass is 355 g/mol. The van der Waals surface area contributed by atoms with E-state index in [1.165, 1.54) is 24.3 Å². The van der Waals surface area contributed by atoms with Gasteiger partial charge in [0, 0.05) is 25.3 Å². The van der Waals surface area contributed by atoms with Crippen LogP contribution in [0.25, 0.3) is 11.5 Å². The van der Waals surface area contributed by atoms with Gasteiger partial charge in [-0.3, -0.25) is 0 Å². The standard InChI is InChI=1S/C19H18FN3O3/c1-12(25-19(24)14-5-4-6-16(11-14)23(2)3)17-21-22-18(26-17)13-7-9-15(20)10-8-13/h4-12H,1-3H3/t12-/m1/s1. The Kier molecular flexibility index (Phi) is 4.97. The van der Waals surface area contributed by atoms with Crippen LogP contribution in [0.4, 0.5) is 10.1 Å². The highest BCUT2D eigenvalue weighted by Gasteiger charge is 2.20. The molecule has 0 aliphatic rings. The minimum Gasteiger partial charge on any atom is -0.449 e. The topological polar surface area (TPSA) is 68.5 Å². The van der Waals surface area contributed by atoms with Crippen LogP contribution in [0, 0.1) is 5.82 Å². The zero-order chi connectivity index (χ0) is 18.7. The molecule has 0 spiro atoms. The van der Waals surface area contributed by atoms with Gasteiger partial charge in [0.25, 0.3) is 5.89 Å².